The van der Waals surface area contributed by atoms with Gasteiger partial charge in [-0.25, -0.2) is 4.98 Å². The van der Waals surface area contributed by atoms with Gasteiger partial charge in [-0.15, -0.1) is 0 Å². The quantitative estimate of drug-likeness (QED) is 0.793. The van der Waals surface area contributed by atoms with Crippen LogP contribution in [0.15, 0.2) is 6.20 Å². The molecular formula is C10H16N2O4. The van der Waals surface area contributed by atoms with Crippen molar-refractivity contribution in [3.63, 3.8) is 0 Å². The lowest BCUT2D eigenvalue weighted by Gasteiger charge is -2.18. The molecule has 1 aromatic heterocycles. The van der Waals surface area contributed by atoms with E-state index in [9.17, 15) is 5.11 Å². The van der Waals surface area contributed by atoms with Gasteiger partial charge in [0.05, 0.1) is 26.5 Å². The van der Waals surface area contributed by atoms with Gasteiger partial charge in [-0.05, 0) is 6.92 Å². The molecule has 0 saturated heterocycles. The van der Waals surface area contributed by atoms with Crippen molar-refractivity contribution in [3.8, 4) is 11.8 Å². The molecule has 0 aliphatic rings. The monoisotopic (exact) mass is 228 g/mol. The molecule has 0 bridgehead atoms. The number of methoxy groups -OCH3 is 3. The fraction of sp³-hybridized carbons (Fsp3) is 0.600. The first-order chi connectivity index (χ1) is 7.63. The van der Waals surface area contributed by atoms with Gasteiger partial charge in [0.1, 0.15) is 11.8 Å². The number of aromatic nitrogens is 2. The van der Waals surface area contributed by atoms with Gasteiger partial charge in [0.2, 0.25) is 11.8 Å². The number of ether oxygens (including phenoxy) is 3. The first kappa shape index (κ1) is 12.7. The fourth-order valence-corrected chi connectivity index (χ4v) is 1.17. The van der Waals surface area contributed by atoms with Crippen molar-refractivity contribution < 1.29 is 19.3 Å². The van der Waals surface area contributed by atoms with Crippen LogP contribution < -0.4 is 9.47 Å². The van der Waals surface area contributed by atoms with Gasteiger partial charge in [0, 0.05) is 7.11 Å². The molecule has 90 valence electrons. The fourth-order valence-electron chi connectivity index (χ4n) is 1.17. The molecule has 0 aromatic carbocycles. The molecule has 1 N–H and O–H groups in total. The summed E-state index contributed by atoms with van der Waals surface area (Å²) in [4.78, 5) is 8.07. The Bertz CT molecular complexity index is 346. The minimum Gasteiger partial charge on any atom is -0.480 e. The van der Waals surface area contributed by atoms with Crippen LogP contribution in [0.4, 0.5) is 0 Å². The summed E-state index contributed by atoms with van der Waals surface area (Å²) in [6.07, 6.45) is 0.138. The van der Waals surface area contributed by atoms with Crippen molar-refractivity contribution in [1.82, 2.24) is 9.97 Å². The molecule has 0 fully saturated rings. The second-order valence-corrected chi connectivity index (χ2v) is 3.19. The molecule has 0 amide bonds. The summed E-state index contributed by atoms with van der Waals surface area (Å²) in [6, 6.07) is 0. The zero-order valence-electron chi connectivity index (χ0n) is 9.80. The average Bonchev–Trinajstić information content (AvgIpc) is 2.35. The van der Waals surface area contributed by atoms with Gasteiger partial charge < -0.3 is 19.3 Å². The number of aliphatic hydroxyl groups excluding tert-OH is 1. The van der Waals surface area contributed by atoms with E-state index in [1.54, 1.807) is 6.92 Å². The van der Waals surface area contributed by atoms with E-state index < -0.39 is 12.2 Å². The Labute approximate surface area is 94.2 Å². The Morgan fingerprint density at radius 3 is 2.44 bits per heavy atom. The van der Waals surface area contributed by atoms with Crippen molar-refractivity contribution in [2.75, 3.05) is 21.3 Å². The van der Waals surface area contributed by atoms with Crippen LogP contribution in [0.25, 0.3) is 0 Å². The first-order valence-corrected chi connectivity index (χ1v) is 4.79. The number of hydrogen-bond donors (Lipinski definition) is 1. The molecule has 0 spiro atoms. The van der Waals surface area contributed by atoms with Crippen LogP contribution in [0.1, 0.15) is 18.7 Å². The zero-order valence-corrected chi connectivity index (χ0v) is 9.80. The van der Waals surface area contributed by atoms with Crippen LogP contribution in [0, 0.1) is 0 Å². The smallest absolute Gasteiger partial charge is 0.241 e. The molecule has 1 aromatic rings. The van der Waals surface area contributed by atoms with Gasteiger partial charge in [-0.1, -0.05) is 0 Å². The molecule has 1 heterocycles. The molecule has 0 radical (unpaired) electrons. The Balaban J connectivity index is 3.03. The Kier molecular flexibility index (Phi) is 4.45. The van der Waals surface area contributed by atoms with Crippen LogP contribution in [0.5, 0.6) is 11.8 Å². The molecule has 2 atom stereocenters. The number of rotatable bonds is 5. The van der Waals surface area contributed by atoms with Crippen molar-refractivity contribution in [2.45, 2.75) is 19.1 Å². The van der Waals surface area contributed by atoms with Gasteiger partial charge in [-0.2, -0.15) is 4.98 Å². The summed E-state index contributed by atoms with van der Waals surface area (Å²) in [5.41, 5.74) is 0.331. The van der Waals surface area contributed by atoms with Crippen LogP contribution in [0.2, 0.25) is 0 Å². The molecule has 6 nitrogen and oxygen atoms in total. The molecule has 0 saturated carbocycles. The van der Waals surface area contributed by atoms with Crippen molar-refractivity contribution >= 4 is 0 Å². The van der Waals surface area contributed by atoms with Crippen LogP contribution in [-0.2, 0) is 4.74 Å². The Morgan fingerprint density at radius 1 is 1.25 bits per heavy atom. The van der Waals surface area contributed by atoms with E-state index in [0.29, 0.717) is 11.6 Å². The van der Waals surface area contributed by atoms with Crippen LogP contribution >= 0.6 is 0 Å². The number of aliphatic hydroxyl groups is 1. The predicted octanol–water partition coefficient (Wildman–Crippen LogP) is 0.562. The van der Waals surface area contributed by atoms with E-state index in [0.717, 1.165) is 0 Å². The normalized spacial score (nSPS) is 14.3. The highest BCUT2D eigenvalue weighted by Crippen LogP contribution is 2.25. The SMILES string of the molecule is COc1cnc(C(O)C(C)OC)c(OC)n1. The Hall–Kier alpha value is -1.40. The average molecular weight is 228 g/mol. The standard InChI is InChI=1S/C10H16N2O4/c1-6(14-2)9(13)8-10(16-4)12-7(15-3)5-11-8/h5-6,9,13H,1-4H3. The first-order valence-electron chi connectivity index (χ1n) is 4.79. The molecule has 16 heavy (non-hydrogen) atoms. The highest BCUT2D eigenvalue weighted by atomic mass is 16.5. The highest BCUT2D eigenvalue weighted by Gasteiger charge is 2.22. The lowest BCUT2D eigenvalue weighted by atomic mass is 10.1. The van der Waals surface area contributed by atoms with Crippen LogP contribution in [0.3, 0.4) is 0 Å². The summed E-state index contributed by atoms with van der Waals surface area (Å²) in [6.45, 7) is 1.73. The van der Waals surface area contributed by atoms with E-state index >= 15 is 0 Å². The van der Waals surface area contributed by atoms with E-state index in [1.165, 1.54) is 27.5 Å². The van der Waals surface area contributed by atoms with Crippen molar-refractivity contribution in [1.29, 1.82) is 0 Å². The third kappa shape index (κ3) is 2.59. The second-order valence-electron chi connectivity index (χ2n) is 3.19. The second kappa shape index (κ2) is 5.62. The predicted molar refractivity (Wildman–Crippen MR) is 56.6 cm³/mol. The highest BCUT2D eigenvalue weighted by molar-refractivity contribution is 5.25. The third-order valence-corrected chi connectivity index (χ3v) is 2.24. The molecule has 6 heteroatoms. The maximum absolute atomic E-state index is 9.92. The van der Waals surface area contributed by atoms with E-state index in [4.69, 9.17) is 14.2 Å². The van der Waals surface area contributed by atoms with Crippen LogP contribution in [-0.4, -0.2) is 42.5 Å². The number of nitrogens with zero attached hydrogens (tertiary/aromatic N) is 2. The van der Waals surface area contributed by atoms with Gasteiger partial charge in [0.15, 0.2) is 0 Å². The number of hydrogen-bond acceptors (Lipinski definition) is 6. The van der Waals surface area contributed by atoms with Gasteiger partial charge in [-0.3, -0.25) is 0 Å². The summed E-state index contributed by atoms with van der Waals surface area (Å²) in [7, 11) is 4.45. The zero-order chi connectivity index (χ0) is 12.1. The molecule has 0 aliphatic heterocycles. The van der Waals surface area contributed by atoms with Crippen molar-refractivity contribution in [2.24, 2.45) is 0 Å². The third-order valence-electron chi connectivity index (χ3n) is 2.24. The largest absolute Gasteiger partial charge is 0.480 e. The van der Waals surface area contributed by atoms with Gasteiger partial charge >= 0.3 is 0 Å². The minimum atomic E-state index is -0.890. The molecule has 1 rings (SSSR count). The lowest BCUT2D eigenvalue weighted by Crippen LogP contribution is -2.19. The molecule has 2 unspecified atom stereocenters. The summed E-state index contributed by atoms with van der Waals surface area (Å²) >= 11 is 0. The summed E-state index contributed by atoms with van der Waals surface area (Å²) in [5.74, 6) is 0.564. The van der Waals surface area contributed by atoms with E-state index in [2.05, 4.69) is 9.97 Å². The molecular weight excluding hydrogens is 212 g/mol. The van der Waals surface area contributed by atoms with E-state index in [1.807, 2.05) is 0 Å². The van der Waals surface area contributed by atoms with Crippen molar-refractivity contribution in [3.05, 3.63) is 11.9 Å². The maximum Gasteiger partial charge on any atom is 0.241 e. The topological polar surface area (TPSA) is 73.7 Å². The summed E-state index contributed by atoms with van der Waals surface area (Å²) < 4.78 is 15.0. The van der Waals surface area contributed by atoms with E-state index in [-0.39, 0.29) is 5.88 Å². The summed E-state index contributed by atoms with van der Waals surface area (Å²) in [5, 5.41) is 9.92. The maximum atomic E-state index is 9.92. The minimum absolute atomic E-state index is 0.232. The Morgan fingerprint density at radius 2 is 1.94 bits per heavy atom. The lowest BCUT2D eigenvalue weighted by molar-refractivity contribution is -0.00516. The van der Waals surface area contributed by atoms with Gasteiger partial charge in [0.25, 0.3) is 0 Å². The molecule has 0 aliphatic carbocycles.